The Labute approximate surface area is 370 Å². The molecule has 0 unspecified atom stereocenters. The number of anilines is 7. The largest absolute Gasteiger partial charge is 0 e. The first-order chi connectivity index (χ1) is 28.4. The summed E-state index contributed by atoms with van der Waals surface area (Å²) in [6.45, 7) is 8.82. The van der Waals surface area contributed by atoms with Crippen LogP contribution in [0, 0.1) is 18.8 Å². The molecule has 0 saturated carbocycles. The standard InChI is InChI=1S/C51H38N5OTe.Pt/c1-51(2,3)37-28-30-52-48(31-37)56-43-23-10-11-25-46(43)58-47-27-26-40(33-45(47)56)57-39-20-12-19-38(32-39)54-34-55(50-44(54)24-14-29-53-50)49-41(35-15-6-4-7-16-35)21-13-22-42(49)36-17-8-5-9-18-36;/h4-31,34H,1-3H3;/q-3;. The zero-order valence-electron chi connectivity index (χ0n) is 32.6. The van der Waals surface area contributed by atoms with Crippen molar-refractivity contribution in [1.29, 1.82) is 0 Å². The molecule has 8 heteroatoms. The first-order valence-corrected chi connectivity index (χ1v) is 21.6. The van der Waals surface area contributed by atoms with E-state index in [1.54, 1.807) is 0 Å². The van der Waals surface area contributed by atoms with Crippen molar-refractivity contribution in [2.24, 2.45) is 0 Å². The predicted octanol–water partition coefficient (Wildman–Crippen LogP) is 11.3. The number of pyridine rings is 2. The number of fused-ring (bicyclic) bond motifs is 3. The van der Waals surface area contributed by atoms with Crippen LogP contribution in [0.1, 0.15) is 26.3 Å². The number of aromatic nitrogens is 2. The normalized spacial score (nSPS) is 13.0. The third-order valence-electron chi connectivity index (χ3n) is 10.4. The maximum Gasteiger partial charge on any atom is 0 e. The summed E-state index contributed by atoms with van der Waals surface area (Å²) in [7, 11) is 0. The summed E-state index contributed by atoms with van der Waals surface area (Å²) < 4.78 is 9.30. The number of hydrogen-bond donors (Lipinski definition) is 0. The second kappa shape index (κ2) is 16.2. The molecule has 0 amide bonds. The molecule has 0 spiro atoms. The number of hydrogen-bond acceptors (Lipinski definition) is 6. The Morgan fingerprint density at radius 2 is 1.27 bits per heavy atom. The van der Waals surface area contributed by atoms with E-state index >= 15 is 0 Å². The molecule has 0 saturated heterocycles. The van der Waals surface area contributed by atoms with Gasteiger partial charge in [-0.2, -0.15) is 0 Å². The zero-order chi connectivity index (χ0) is 39.2. The third kappa shape index (κ3) is 7.45. The monoisotopic (exact) mass is 1060 g/mol. The molecule has 2 aliphatic rings. The van der Waals surface area contributed by atoms with E-state index in [0.717, 1.165) is 62.3 Å². The number of ether oxygens (including phenoxy) is 1. The minimum absolute atomic E-state index is 0. The molecule has 6 nitrogen and oxygen atoms in total. The Kier molecular flexibility index (Phi) is 10.6. The fourth-order valence-corrected chi connectivity index (χ4v) is 10.5. The number of para-hydroxylation sites is 2. The smallest absolute Gasteiger partial charge is 0 e. The van der Waals surface area contributed by atoms with Gasteiger partial charge >= 0.3 is 245 Å². The van der Waals surface area contributed by atoms with Crippen LogP contribution in [0.5, 0.6) is 11.5 Å². The van der Waals surface area contributed by atoms with Crippen molar-refractivity contribution in [3.63, 3.8) is 0 Å². The second-order valence-electron chi connectivity index (χ2n) is 15.2. The number of benzene rings is 6. The van der Waals surface area contributed by atoms with Gasteiger partial charge in [-0.1, -0.05) is 78.9 Å². The maximum atomic E-state index is 6.63. The van der Waals surface area contributed by atoms with E-state index in [4.69, 9.17) is 14.7 Å². The zero-order valence-corrected chi connectivity index (χ0v) is 37.2. The molecule has 0 radical (unpaired) electrons. The minimum Gasteiger partial charge on any atom is 0 e. The molecular weight excluding hydrogens is 1020 g/mol. The molecule has 59 heavy (non-hydrogen) atoms. The van der Waals surface area contributed by atoms with E-state index in [1.165, 1.54) is 12.8 Å². The molecule has 2 aliphatic heterocycles. The van der Waals surface area contributed by atoms with Crippen molar-refractivity contribution in [3.05, 3.63) is 194 Å². The van der Waals surface area contributed by atoms with Crippen LogP contribution in [0.4, 0.5) is 40.1 Å². The van der Waals surface area contributed by atoms with Gasteiger partial charge in [-0.25, -0.2) is 0 Å². The van der Waals surface area contributed by atoms with Crippen LogP contribution in [0.25, 0.3) is 22.3 Å². The van der Waals surface area contributed by atoms with Crippen molar-refractivity contribution in [2.75, 3.05) is 14.7 Å². The fraction of sp³-hybridized carbons (Fsp3) is 0.0784. The molecule has 8 aromatic rings. The van der Waals surface area contributed by atoms with Gasteiger partial charge in [-0.05, 0) is 11.1 Å². The molecule has 0 fully saturated rings. The summed E-state index contributed by atoms with van der Waals surface area (Å²) in [4.78, 5) is 16.4. The molecule has 0 aliphatic carbocycles. The molecule has 292 valence electrons. The van der Waals surface area contributed by atoms with E-state index in [-0.39, 0.29) is 26.5 Å². The van der Waals surface area contributed by atoms with Crippen molar-refractivity contribution >= 4 is 68.2 Å². The van der Waals surface area contributed by atoms with Crippen molar-refractivity contribution in [1.82, 2.24) is 9.97 Å². The number of rotatable bonds is 7. The molecule has 6 aromatic carbocycles. The van der Waals surface area contributed by atoms with Gasteiger partial charge in [0.25, 0.3) is 0 Å². The molecule has 0 bridgehead atoms. The van der Waals surface area contributed by atoms with E-state index in [2.05, 4.69) is 188 Å². The summed E-state index contributed by atoms with van der Waals surface area (Å²) in [6, 6.07) is 62.1. The fourth-order valence-electron chi connectivity index (χ4n) is 7.58. The third-order valence-corrected chi connectivity index (χ3v) is 13.6. The van der Waals surface area contributed by atoms with Crippen LogP contribution in [-0.2, 0) is 26.5 Å². The molecule has 4 heterocycles. The van der Waals surface area contributed by atoms with Crippen LogP contribution >= 0.6 is 0 Å². The van der Waals surface area contributed by atoms with Gasteiger partial charge in [0.1, 0.15) is 0 Å². The summed E-state index contributed by atoms with van der Waals surface area (Å²) >= 11 is -0.654. The van der Waals surface area contributed by atoms with Crippen molar-refractivity contribution in [2.45, 2.75) is 26.2 Å². The molecule has 10 rings (SSSR count). The van der Waals surface area contributed by atoms with Crippen LogP contribution in [-0.4, -0.2) is 30.9 Å². The van der Waals surface area contributed by atoms with E-state index in [0.29, 0.717) is 11.5 Å². The Bertz CT molecular complexity index is 2730. The van der Waals surface area contributed by atoms with Crippen LogP contribution in [0.15, 0.2) is 170 Å². The van der Waals surface area contributed by atoms with Gasteiger partial charge in [0.05, 0.1) is 0 Å². The number of nitrogens with zero attached hydrogens (tertiary/aromatic N) is 5. The topological polar surface area (TPSA) is 44.7 Å². The minimum atomic E-state index is -0.654. The Balaban J connectivity index is 0.00000449. The van der Waals surface area contributed by atoms with Gasteiger partial charge in [0, 0.05) is 38.4 Å². The van der Waals surface area contributed by atoms with Gasteiger partial charge in [0.2, 0.25) is 0 Å². The predicted molar refractivity (Wildman–Crippen MR) is 237 cm³/mol. The van der Waals surface area contributed by atoms with Gasteiger partial charge in [0.15, 0.2) is 0 Å². The summed E-state index contributed by atoms with van der Waals surface area (Å²) in [5.41, 5.74) is 10.7. The summed E-state index contributed by atoms with van der Waals surface area (Å²) in [5.74, 6) is 2.92. The average molecular weight is 1060 g/mol. The molecule has 0 atom stereocenters. The quantitative estimate of drug-likeness (QED) is 0.117. The average Bonchev–Trinajstić information content (AvgIpc) is 3.65. The van der Waals surface area contributed by atoms with Gasteiger partial charge < -0.3 is 0 Å². The SMILES string of the molecule is CC(C)(C)c1ccnc(N2c3[c-]c(Oc4[c-]c(N5[CH-]N(c6c(-c7ccccc7)cccc6-c6ccccc6)c6ncccc65)ccc4)ccc3[Te]c3ccccc32)c1.[Pt]. The molecule has 0 N–H and O–H groups in total. The first kappa shape index (κ1) is 38.8. The Morgan fingerprint density at radius 1 is 0.593 bits per heavy atom. The summed E-state index contributed by atoms with van der Waals surface area (Å²) in [5, 5.41) is 0. The first-order valence-electron chi connectivity index (χ1n) is 19.3. The van der Waals surface area contributed by atoms with E-state index < -0.39 is 20.9 Å². The van der Waals surface area contributed by atoms with E-state index in [1.807, 2.05) is 36.7 Å². The van der Waals surface area contributed by atoms with Crippen molar-refractivity contribution < 1.29 is 25.8 Å². The van der Waals surface area contributed by atoms with Crippen LogP contribution in [0.2, 0.25) is 0 Å². The molecular formula is C51H38N5OPtTe-3. The second-order valence-corrected chi connectivity index (χ2v) is 18.3. The van der Waals surface area contributed by atoms with Gasteiger partial charge in [-0.15, -0.1) is 0 Å². The summed E-state index contributed by atoms with van der Waals surface area (Å²) in [6.07, 6.45) is 3.77. The van der Waals surface area contributed by atoms with Crippen LogP contribution in [0.3, 0.4) is 0 Å². The Hall–Kier alpha value is -5.70. The van der Waals surface area contributed by atoms with Crippen molar-refractivity contribution in [3.8, 4) is 33.8 Å². The Morgan fingerprint density at radius 3 is 2.02 bits per heavy atom. The van der Waals surface area contributed by atoms with Gasteiger partial charge in [-0.3, -0.25) is 0 Å². The molecule has 2 aromatic heterocycles. The maximum absolute atomic E-state index is 6.63. The van der Waals surface area contributed by atoms with Crippen LogP contribution < -0.4 is 26.7 Å². The van der Waals surface area contributed by atoms with E-state index in [9.17, 15) is 0 Å².